The lowest BCUT2D eigenvalue weighted by atomic mass is 10.1. The quantitative estimate of drug-likeness (QED) is 0.732. The van der Waals surface area contributed by atoms with Crippen LogP contribution in [-0.4, -0.2) is 17.6 Å². The molecule has 3 rings (SSSR count). The van der Waals surface area contributed by atoms with E-state index in [1.807, 2.05) is 61.0 Å². The van der Waals surface area contributed by atoms with Crippen LogP contribution in [-0.2, 0) is 11.2 Å². The fraction of sp³-hybridized carbons (Fsp3) is 0.286. The summed E-state index contributed by atoms with van der Waals surface area (Å²) in [7, 11) is 1.65. The number of carbonyl (C=O) groups is 1. The van der Waals surface area contributed by atoms with E-state index in [0.29, 0.717) is 0 Å². The molecule has 1 unspecified atom stereocenters. The summed E-state index contributed by atoms with van der Waals surface area (Å²) in [5.41, 5.74) is 4.19. The Morgan fingerprint density at radius 2 is 2.04 bits per heavy atom. The van der Waals surface area contributed by atoms with Crippen LogP contribution in [0.15, 0.2) is 48.7 Å². The van der Waals surface area contributed by atoms with Gasteiger partial charge in [-0.05, 0) is 55.7 Å². The molecule has 0 aliphatic heterocycles. The lowest BCUT2D eigenvalue weighted by Crippen LogP contribution is -2.24. The van der Waals surface area contributed by atoms with Gasteiger partial charge in [0.1, 0.15) is 11.8 Å². The van der Waals surface area contributed by atoms with Gasteiger partial charge in [-0.2, -0.15) is 0 Å². The summed E-state index contributed by atoms with van der Waals surface area (Å²) in [4.78, 5) is 12.8. The molecule has 4 nitrogen and oxygen atoms in total. The number of nitrogens with one attached hydrogen (secondary N) is 1. The molecule has 0 bridgehead atoms. The van der Waals surface area contributed by atoms with Crippen LogP contribution in [0.2, 0.25) is 0 Å². The van der Waals surface area contributed by atoms with Crippen LogP contribution in [0.4, 0.5) is 5.69 Å². The molecule has 0 aliphatic rings. The first-order valence-corrected chi connectivity index (χ1v) is 8.59. The van der Waals surface area contributed by atoms with Crippen molar-refractivity contribution in [2.24, 2.45) is 0 Å². The number of methoxy groups -OCH3 is 1. The number of aromatic nitrogens is 1. The predicted molar refractivity (Wildman–Crippen MR) is 102 cm³/mol. The lowest BCUT2D eigenvalue weighted by Gasteiger charge is -2.18. The van der Waals surface area contributed by atoms with Crippen LogP contribution in [0.5, 0.6) is 5.75 Å². The van der Waals surface area contributed by atoms with Gasteiger partial charge in [-0.3, -0.25) is 4.79 Å². The topological polar surface area (TPSA) is 43.3 Å². The first-order valence-electron chi connectivity index (χ1n) is 8.59. The smallest absolute Gasteiger partial charge is 0.247 e. The Labute approximate surface area is 148 Å². The van der Waals surface area contributed by atoms with Gasteiger partial charge >= 0.3 is 0 Å². The monoisotopic (exact) mass is 336 g/mol. The third kappa shape index (κ3) is 3.25. The number of benzene rings is 2. The zero-order valence-electron chi connectivity index (χ0n) is 15.2. The maximum Gasteiger partial charge on any atom is 0.247 e. The van der Waals surface area contributed by atoms with Gasteiger partial charge in [0.15, 0.2) is 0 Å². The van der Waals surface area contributed by atoms with E-state index in [4.69, 9.17) is 4.74 Å². The zero-order valence-corrected chi connectivity index (χ0v) is 15.2. The molecule has 1 heterocycles. The second-order valence-electron chi connectivity index (χ2n) is 6.28. The van der Waals surface area contributed by atoms with Gasteiger partial charge in [0, 0.05) is 22.8 Å². The number of aryl methyl sites for hydroxylation is 2. The number of hydrogen-bond acceptors (Lipinski definition) is 2. The molecule has 2 aromatic carbocycles. The van der Waals surface area contributed by atoms with E-state index in [2.05, 4.69) is 18.3 Å². The lowest BCUT2D eigenvalue weighted by molar-refractivity contribution is -0.118. The Balaban J connectivity index is 1.89. The van der Waals surface area contributed by atoms with E-state index in [1.54, 1.807) is 7.11 Å². The van der Waals surface area contributed by atoms with E-state index >= 15 is 0 Å². The minimum atomic E-state index is -0.310. The van der Waals surface area contributed by atoms with Crippen molar-refractivity contribution in [1.82, 2.24) is 4.57 Å². The molecule has 3 aromatic rings. The predicted octanol–water partition coefficient (Wildman–Crippen LogP) is 4.72. The first-order chi connectivity index (χ1) is 12.0. The second kappa shape index (κ2) is 7.01. The van der Waals surface area contributed by atoms with Crippen molar-refractivity contribution in [2.75, 3.05) is 12.4 Å². The van der Waals surface area contributed by atoms with Crippen molar-refractivity contribution < 1.29 is 9.53 Å². The van der Waals surface area contributed by atoms with Gasteiger partial charge in [-0.25, -0.2) is 0 Å². The summed E-state index contributed by atoms with van der Waals surface area (Å²) in [6.45, 7) is 6.04. The van der Waals surface area contributed by atoms with Crippen molar-refractivity contribution in [3.63, 3.8) is 0 Å². The average molecular weight is 336 g/mol. The highest BCUT2D eigenvalue weighted by molar-refractivity contribution is 5.96. The van der Waals surface area contributed by atoms with Gasteiger partial charge in [0.2, 0.25) is 5.91 Å². The number of anilines is 1. The van der Waals surface area contributed by atoms with Crippen LogP contribution >= 0.6 is 0 Å². The molecule has 130 valence electrons. The maximum atomic E-state index is 12.8. The van der Waals surface area contributed by atoms with Gasteiger partial charge in [-0.1, -0.05) is 25.1 Å². The molecule has 1 aromatic heterocycles. The third-order valence-electron chi connectivity index (χ3n) is 4.71. The fourth-order valence-corrected chi connectivity index (χ4v) is 3.16. The summed E-state index contributed by atoms with van der Waals surface area (Å²) >= 11 is 0. The molecule has 0 radical (unpaired) electrons. The summed E-state index contributed by atoms with van der Waals surface area (Å²) in [6, 6.07) is 13.7. The second-order valence-corrected chi connectivity index (χ2v) is 6.28. The van der Waals surface area contributed by atoms with Crippen LogP contribution in [0.25, 0.3) is 10.9 Å². The molecule has 1 atom stereocenters. The molecule has 4 heteroatoms. The molecule has 1 N–H and O–H groups in total. The standard InChI is InChI=1S/C21H24N2O2/c1-5-16-8-6-7-14(2)20(16)22-21(24)15(3)23-12-11-17-13-18(25-4)9-10-19(17)23/h6-13,15H,5H2,1-4H3,(H,22,24). The number of nitrogens with zero attached hydrogens (tertiary/aromatic N) is 1. The Morgan fingerprint density at radius 1 is 1.24 bits per heavy atom. The molecule has 25 heavy (non-hydrogen) atoms. The summed E-state index contributed by atoms with van der Waals surface area (Å²) in [5.74, 6) is 0.798. The van der Waals surface area contributed by atoms with Gasteiger partial charge < -0.3 is 14.6 Å². The Kier molecular flexibility index (Phi) is 4.79. The van der Waals surface area contributed by atoms with Gasteiger partial charge in [0.25, 0.3) is 0 Å². The molecular formula is C21H24N2O2. The van der Waals surface area contributed by atoms with Crippen molar-refractivity contribution >= 4 is 22.5 Å². The molecule has 0 saturated heterocycles. The normalized spacial score (nSPS) is 12.2. The van der Waals surface area contributed by atoms with Crippen LogP contribution in [0.3, 0.4) is 0 Å². The van der Waals surface area contributed by atoms with Crippen molar-refractivity contribution in [1.29, 1.82) is 0 Å². The van der Waals surface area contributed by atoms with E-state index in [9.17, 15) is 4.79 Å². The molecule has 0 saturated carbocycles. The highest BCUT2D eigenvalue weighted by Crippen LogP contribution is 2.26. The zero-order chi connectivity index (χ0) is 18.0. The molecule has 0 fully saturated rings. The average Bonchev–Trinajstić information content (AvgIpc) is 3.05. The fourth-order valence-electron chi connectivity index (χ4n) is 3.16. The minimum absolute atomic E-state index is 0.0164. The number of fused-ring (bicyclic) bond motifs is 1. The van der Waals surface area contributed by atoms with Gasteiger partial charge in [-0.15, -0.1) is 0 Å². The van der Waals surface area contributed by atoms with Crippen LogP contribution in [0.1, 0.15) is 31.0 Å². The molecular weight excluding hydrogens is 312 g/mol. The maximum absolute atomic E-state index is 12.8. The van der Waals surface area contributed by atoms with Gasteiger partial charge in [0.05, 0.1) is 7.11 Å². The van der Waals surface area contributed by atoms with E-state index in [1.165, 1.54) is 0 Å². The summed E-state index contributed by atoms with van der Waals surface area (Å²) in [5, 5.41) is 4.18. The number of rotatable bonds is 5. The Hall–Kier alpha value is -2.75. The van der Waals surface area contributed by atoms with Crippen LogP contribution in [0, 0.1) is 6.92 Å². The largest absolute Gasteiger partial charge is 0.497 e. The summed E-state index contributed by atoms with van der Waals surface area (Å²) < 4.78 is 7.26. The third-order valence-corrected chi connectivity index (χ3v) is 4.71. The Morgan fingerprint density at radius 3 is 2.76 bits per heavy atom. The number of hydrogen-bond donors (Lipinski definition) is 1. The van der Waals surface area contributed by atoms with E-state index < -0.39 is 0 Å². The van der Waals surface area contributed by atoms with Crippen LogP contribution < -0.4 is 10.1 Å². The highest BCUT2D eigenvalue weighted by Gasteiger charge is 2.18. The van der Waals surface area contributed by atoms with Crippen molar-refractivity contribution in [3.05, 3.63) is 59.8 Å². The SMILES string of the molecule is CCc1cccc(C)c1NC(=O)C(C)n1ccc2cc(OC)ccc21. The molecule has 0 spiro atoms. The number of carbonyl (C=O) groups excluding carboxylic acids is 1. The highest BCUT2D eigenvalue weighted by atomic mass is 16.5. The first kappa shape index (κ1) is 17.1. The summed E-state index contributed by atoms with van der Waals surface area (Å²) in [6.07, 6.45) is 2.84. The number of para-hydroxylation sites is 1. The Bertz CT molecular complexity index is 911. The molecule has 1 amide bonds. The minimum Gasteiger partial charge on any atom is -0.497 e. The van der Waals surface area contributed by atoms with E-state index in [-0.39, 0.29) is 11.9 Å². The number of ether oxygens (including phenoxy) is 1. The van der Waals surface area contributed by atoms with Crippen molar-refractivity contribution in [2.45, 2.75) is 33.2 Å². The van der Waals surface area contributed by atoms with E-state index in [0.717, 1.165) is 39.9 Å². The number of amides is 1. The molecule has 0 aliphatic carbocycles. The van der Waals surface area contributed by atoms with Crippen molar-refractivity contribution in [3.8, 4) is 5.75 Å².